The third-order valence-electron chi connectivity index (χ3n) is 2.74. The van der Waals surface area contributed by atoms with Gasteiger partial charge in [0.1, 0.15) is 11.3 Å². The molecule has 3 nitrogen and oxygen atoms in total. The maximum Gasteiger partial charge on any atom is 0.135 e. The Labute approximate surface area is 116 Å². The Morgan fingerprint density at radius 2 is 2.00 bits per heavy atom. The van der Waals surface area contributed by atoms with E-state index in [1.165, 1.54) is 0 Å². The molecule has 0 fully saturated rings. The zero-order chi connectivity index (χ0) is 13.8. The number of benzene rings is 1. The van der Waals surface area contributed by atoms with Crippen molar-refractivity contribution < 1.29 is 5.11 Å². The molecule has 2 aromatic rings. The minimum Gasteiger partial charge on any atom is -0.383 e. The van der Waals surface area contributed by atoms with E-state index in [0.29, 0.717) is 5.56 Å². The molecule has 1 aromatic carbocycles. The summed E-state index contributed by atoms with van der Waals surface area (Å²) in [5.74, 6) is 0. The van der Waals surface area contributed by atoms with Crippen molar-refractivity contribution in [3.8, 4) is 17.2 Å². The lowest BCUT2D eigenvalue weighted by Gasteiger charge is -2.12. The fourth-order valence-corrected chi connectivity index (χ4v) is 1.90. The fraction of sp³-hybridized carbons (Fsp3) is 0.0667. The summed E-state index contributed by atoms with van der Waals surface area (Å²) in [4.78, 5) is 4.05. The highest BCUT2D eigenvalue weighted by molar-refractivity contribution is 6.30. The summed E-state index contributed by atoms with van der Waals surface area (Å²) in [5.41, 5.74) is 2.20. The Morgan fingerprint density at radius 1 is 1.32 bits per heavy atom. The van der Waals surface area contributed by atoms with E-state index in [-0.39, 0.29) is 10.7 Å². The van der Waals surface area contributed by atoms with Crippen molar-refractivity contribution >= 4 is 11.6 Å². The van der Waals surface area contributed by atoms with E-state index < -0.39 is 6.10 Å². The van der Waals surface area contributed by atoms with E-state index in [2.05, 4.69) is 11.6 Å². The first kappa shape index (κ1) is 13.3. The Morgan fingerprint density at radius 3 is 2.63 bits per heavy atom. The van der Waals surface area contributed by atoms with Crippen molar-refractivity contribution in [2.75, 3.05) is 0 Å². The minimum atomic E-state index is -1.13. The van der Waals surface area contributed by atoms with Crippen LogP contribution in [0.15, 0.2) is 54.7 Å². The topological polar surface area (TPSA) is 56.9 Å². The average molecular weight is 271 g/mol. The van der Waals surface area contributed by atoms with Crippen LogP contribution in [0.1, 0.15) is 11.7 Å². The fourth-order valence-electron chi connectivity index (χ4n) is 1.69. The Hall–Kier alpha value is -2.15. The molecule has 4 heteroatoms. The number of nitriles is 1. The molecule has 1 aromatic heterocycles. The van der Waals surface area contributed by atoms with Crippen LogP contribution in [0, 0.1) is 11.3 Å². The number of hydrogen-bond acceptors (Lipinski definition) is 3. The number of pyridine rings is 1. The zero-order valence-electron chi connectivity index (χ0n) is 10.0. The van der Waals surface area contributed by atoms with Gasteiger partial charge in [0.25, 0.3) is 0 Å². The van der Waals surface area contributed by atoms with Gasteiger partial charge in [-0.15, -0.1) is 0 Å². The van der Waals surface area contributed by atoms with E-state index in [0.717, 1.165) is 11.1 Å². The van der Waals surface area contributed by atoms with Crippen LogP contribution in [0.3, 0.4) is 0 Å². The van der Waals surface area contributed by atoms with E-state index in [1.807, 2.05) is 36.4 Å². The number of halogens is 1. The van der Waals surface area contributed by atoms with Gasteiger partial charge in [-0.1, -0.05) is 48.5 Å². The standard InChI is InChI=1S/C15H11ClN2O/c1-10(8-17)14(19)13-7-12(9-18-15(13)16)11-5-3-2-4-6-11/h2-7,9,14,19H,1H2. The molecule has 19 heavy (non-hydrogen) atoms. The zero-order valence-corrected chi connectivity index (χ0v) is 10.8. The molecule has 94 valence electrons. The second-order valence-corrected chi connectivity index (χ2v) is 4.37. The molecule has 1 unspecified atom stereocenters. The molecule has 1 heterocycles. The van der Waals surface area contributed by atoms with Crippen LogP contribution in [0.25, 0.3) is 11.1 Å². The lowest BCUT2D eigenvalue weighted by molar-refractivity contribution is 0.221. The maximum absolute atomic E-state index is 9.99. The number of nitrogens with zero attached hydrogens (tertiary/aromatic N) is 2. The lowest BCUT2D eigenvalue weighted by atomic mass is 10.0. The number of aliphatic hydroxyl groups is 1. The first-order chi connectivity index (χ1) is 9.13. The molecule has 0 aliphatic carbocycles. The molecule has 1 atom stereocenters. The monoisotopic (exact) mass is 270 g/mol. The molecule has 0 radical (unpaired) electrons. The highest BCUT2D eigenvalue weighted by atomic mass is 35.5. The molecular formula is C15H11ClN2O. The largest absolute Gasteiger partial charge is 0.383 e. The lowest BCUT2D eigenvalue weighted by Crippen LogP contribution is -2.01. The van der Waals surface area contributed by atoms with Crippen LogP contribution in [-0.4, -0.2) is 10.1 Å². The predicted molar refractivity (Wildman–Crippen MR) is 74.4 cm³/mol. The van der Waals surface area contributed by atoms with Crippen molar-refractivity contribution in [3.63, 3.8) is 0 Å². The van der Waals surface area contributed by atoms with Crippen molar-refractivity contribution in [1.82, 2.24) is 4.98 Å². The number of aromatic nitrogens is 1. The van der Waals surface area contributed by atoms with Gasteiger partial charge >= 0.3 is 0 Å². The summed E-state index contributed by atoms with van der Waals surface area (Å²) >= 11 is 5.96. The van der Waals surface area contributed by atoms with Crippen LogP contribution in [0.5, 0.6) is 0 Å². The van der Waals surface area contributed by atoms with Gasteiger partial charge in [-0.2, -0.15) is 5.26 Å². The Kier molecular flexibility index (Phi) is 3.96. The molecule has 1 N–H and O–H groups in total. The molecule has 0 saturated heterocycles. The van der Waals surface area contributed by atoms with Crippen LogP contribution in [-0.2, 0) is 0 Å². The SMILES string of the molecule is C=C(C#N)C(O)c1cc(-c2ccccc2)cnc1Cl. The second kappa shape index (κ2) is 5.66. The van der Waals surface area contributed by atoms with E-state index in [1.54, 1.807) is 12.3 Å². The Bertz CT molecular complexity index is 647. The molecule has 0 aliphatic heterocycles. The minimum absolute atomic E-state index is 0.0360. The van der Waals surface area contributed by atoms with Crippen molar-refractivity contribution in [2.24, 2.45) is 0 Å². The molecule has 0 aliphatic rings. The van der Waals surface area contributed by atoms with Crippen molar-refractivity contribution in [1.29, 1.82) is 5.26 Å². The van der Waals surface area contributed by atoms with Gasteiger partial charge in [0.05, 0.1) is 11.6 Å². The third kappa shape index (κ3) is 2.82. The molecule has 0 saturated carbocycles. The summed E-state index contributed by atoms with van der Waals surface area (Å²) in [6.45, 7) is 3.50. The van der Waals surface area contributed by atoms with Gasteiger partial charge in [0.15, 0.2) is 0 Å². The first-order valence-corrected chi connectivity index (χ1v) is 5.99. The Balaban J connectivity index is 2.47. The van der Waals surface area contributed by atoms with Crippen molar-refractivity contribution in [3.05, 3.63) is 65.5 Å². The summed E-state index contributed by atoms with van der Waals surface area (Å²) in [5, 5.41) is 18.9. The van der Waals surface area contributed by atoms with Gasteiger partial charge in [-0.25, -0.2) is 4.98 Å². The highest BCUT2D eigenvalue weighted by Gasteiger charge is 2.16. The first-order valence-electron chi connectivity index (χ1n) is 5.61. The van der Waals surface area contributed by atoms with Crippen LogP contribution in [0.4, 0.5) is 0 Å². The van der Waals surface area contributed by atoms with Gasteiger partial charge < -0.3 is 5.11 Å². The van der Waals surface area contributed by atoms with Crippen LogP contribution in [0.2, 0.25) is 5.15 Å². The summed E-state index contributed by atoms with van der Waals surface area (Å²) in [6.07, 6.45) is 0.497. The molecule has 2 rings (SSSR count). The van der Waals surface area contributed by atoms with Gasteiger partial charge in [0.2, 0.25) is 0 Å². The van der Waals surface area contributed by atoms with E-state index in [9.17, 15) is 5.11 Å². The summed E-state index contributed by atoms with van der Waals surface area (Å²) in [6, 6.07) is 13.1. The molecular weight excluding hydrogens is 260 g/mol. The third-order valence-corrected chi connectivity index (χ3v) is 3.06. The van der Waals surface area contributed by atoms with Crippen LogP contribution < -0.4 is 0 Å². The van der Waals surface area contributed by atoms with Gasteiger partial charge in [0, 0.05) is 17.3 Å². The molecule has 0 amide bonds. The highest BCUT2D eigenvalue weighted by Crippen LogP contribution is 2.29. The normalized spacial score (nSPS) is 11.6. The van der Waals surface area contributed by atoms with Gasteiger partial charge in [-0.05, 0) is 11.6 Å². The molecule has 0 spiro atoms. The summed E-state index contributed by atoms with van der Waals surface area (Å²) in [7, 11) is 0. The quantitative estimate of drug-likeness (QED) is 0.686. The number of rotatable bonds is 3. The van der Waals surface area contributed by atoms with Crippen LogP contribution >= 0.6 is 11.6 Å². The smallest absolute Gasteiger partial charge is 0.135 e. The predicted octanol–water partition coefficient (Wildman–Crippen LogP) is 3.52. The summed E-state index contributed by atoms with van der Waals surface area (Å²) < 4.78 is 0. The van der Waals surface area contributed by atoms with Gasteiger partial charge in [-0.3, -0.25) is 0 Å². The molecule has 0 bridgehead atoms. The van der Waals surface area contributed by atoms with E-state index in [4.69, 9.17) is 16.9 Å². The average Bonchev–Trinajstić information content (AvgIpc) is 2.47. The maximum atomic E-state index is 9.99. The number of hydrogen-bond donors (Lipinski definition) is 1. The number of aliphatic hydroxyl groups excluding tert-OH is 1. The van der Waals surface area contributed by atoms with Crippen molar-refractivity contribution in [2.45, 2.75) is 6.10 Å². The second-order valence-electron chi connectivity index (χ2n) is 4.01. The van der Waals surface area contributed by atoms with E-state index >= 15 is 0 Å².